The van der Waals surface area contributed by atoms with E-state index in [2.05, 4.69) is 19.2 Å². The number of hydrogen-bond donors (Lipinski definition) is 1. The Hall–Kier alpha value is -1.06. The summed E-state index contributed by atoms with van der Waals surface area (Å²) < 4.78 is 0. The second kappa shape index (κ2) is 5.98. The molecule has 2 amide bonds. The van der Waals surface area contributed by atoms with E-state index >= 15 is 0 Å². The molecular formula is C17H30N2O2. The lowest BCUT2D eigenvalue weighted by Crippen LogP contribution is -2.58. The number of nitrogens with zero attached hydrogens (tertiary/aromatic N) is 1. The van der Waals surface area contributed by atoms with Gasteiger partial charge in [0.2, 0.25) is 11.8 Å². The van der Waals surface area contributed by atoms with Gasteiger partial charge in [-0.2, -0.15) is 0 Å². The van der Waals surface area contributed by atoms with E-state index in [1.165, 1.54) is 12.8 Å². The lowest BCUT2D eigenvalue weighted by atomic mass is 9.74. The van der Waals surface area contributed by atoms with E-state index in [1.54, 1.807) is 0 Å². The third kappa shape index (κ3) is 3.24. The highest BCUT2D eigenvalue weighted by Gasteiger charge is 2.45. The van der Waals surface area contributed by atoms with Crippen LogP contribution in [0.15, 0.2) is 0 Å². The van der Waals surface area contributed by atoms with Crippen molar-refractivity contribution in [3.05, 3.63) is 0 Å². The highest BCUT2D eigenvalue weighted by molar-refractivity contribution is 5.93. The van der Waals surface area contributed by atoms with Gasteiger partial charge in [0, 0.05) is 19.0 Å². The summed E-state index contributed by atoms with van der Waals surface area (Å²) in [5, 5.41) is 3.00. The van der Waals surface area contributed by atoms with Crippen LogP contribution in [0.2, 0.25) is 0 Å². The fraction of sp³-hybridized carbons (Fsp3) is 0.882. The molecule has 0 spiro atoms. The van der Waals surface area contributed by atoms with Crippen LogP contribution in [0.25, 0.3) is 0 Å². The van der Waals surface area contributed by atoms with Crippen molar-refractivity contribution in [2.24, 2.45) is 5.41 Å². The van der Waals surface area contributed by atoms with Gasteiger partial charge in [-0.05, 0) is 37.5 Å². The molecule has 4 heteroatoms. The number of rotatable bonds is 3. The summed E-state index contributed by atoms with van der Waals surface area (Å²) in [6.45, 7) is 9.15. The van der Waals surface area contributed by atoms with Gasteiger partial charge in [-0.25, -0.2) is 0 Å². The lowest BCUT2D eigenvalue weighted by molar-refractivity contribution is -0.142. The van der Waals surface area contributed by atoms with E-state index in [-0.39, 0.29) is 11.8 Å². The standard InChI is InChI=1S/C17H30N2O2/c1-5-17(6-2)15(21)19(11-9-14(20)18-17)13-8-7-10-16(3,4)12-13/h13H,5-12H2,1-4H3,(H,18,20). The third-order valence-corrected chi connectivity index (χ3v) is 5.46. The maximum atomic E-state index is 13.1. The van der Waals surface area contributed by atoms with Crippen LogP contribution in [0, 0.1) is 5.41 Å². The minimum Gasteiger partial charge on any atom is -0.342 e. The van der Waals surface area contributed by atoms with E-state index in [1.807, 2.05) is 18.7 Å². The van der Waals surface area contributed by atoms with Crippen molar-refractivity contribution in [1.29, 1.82) is 0 Å². The number of hydrogen-bond acceptors (Lipinski definition) is 2. The number of amides is 2. The van der Waals surface area contributed by atoms with Gasteiger partial charge >= 0.3 is 0 Å². The first-order valence-electron chi connectivity index (χ1n) is 8.45. The quantitative estimate of drug-likeness (QED) is 0.870. The van der Waals surface area contributed by atoms with Crippen molar-refractivity contribution < 1.29 is 9.59 Å². The lowest BCUT2D eigenvalue weighted by Gasteiger charge is -2.43. The maximum absolute atomic E-state index is 13.1. The summed E-state index contributed by atoms with van der Waals surface area (Å²) in [6, 6.07) is 0.298. The largest absolute Gasteiger partial charge is 0.342 e. The first-order valence-corrected chi connectivity index (χ1v) is 8.45. The molecule has 2 rings (SSSR count). The van der Waals surface area contributed by atoms with Crippen LogP contribution in [0.5, 0.6) is 0 Å². The molecule has 0 bridgehead atoms. The zero-order valence-electron chi connectivity index (χ0n) is 14.0. The molecule has 0 radical (unpaired) electrons. The third-order valence-electron chi connectivity index (χ3n) is 5.46. The summed E-state index contributed by atoms with van der Waals surface area (Å²) in [5.74, 6) is 0.158. The Balaban J connectivity index is 2.25. The Morgan fingerprint density at radius 1 is 1.24 bits per heavy atom. The summed E-state index contributed by atoms with van der Waals surface area (Å²) in [7, 11) is 0. The fourth-order valence-corrected chi connectivity index (χ4v) is 3.98. The van der Waals surface area contributed by atoms with Crippen molar-refractivity contribution in [3.8, 4) is 0 Å². The summed E-state index contributed by atoms with van der Waals surface area (Å²) in [6.07, 6.45) is 6.30. The van der Waals surface area contributed by atoms with Crippen LogP contribution in [0.4, 0.5) is 0 Å². The first kappa shape index (κ1) is 16.3. The highest BCUT2D eigenvalue weighted by Crippen LogP contribution is 2.38. The van der Waals surface area contributed by atoms with Crippen LogP contribution in [0.1, 0.15) is 72.6 Å². The molecule has 0 aromatic carbocycles. The Bertz CT molecular complexity index is 413. The van der Waals surface area contributed by atoms with Gasteiger partial charge in [-0.1, -0.05) is 34.1 Å². The minimum atomic E-state index is -0.685. The number of nitrogens with one attached hydrogen (secondary N) is 1. The zero-order valence-corrected chi connectivity index (χ0v) is 14.0. The molecule has 1 atom stereocenters. The van der Waals surface area contributed by atoms with Gasteiger partial charge in [0.1, 0.15) is 5.54 Å². The fourth-order valence-electron chi connectivity index (χ4n) is 3.98. The molecule has 0 aromatic rings. The van der Waals surface area contributed by atoms with Crippen LogP contribution in [-0.4, -0.2) is 34.8 Å². The summed E-state index contributed by atoms with van der Waals surface area (Å²) in [5.41, 5.74) is -0.386. The normalized spacial score (nSPS) is 29.0. The van der Waals surface area contributed by atoms with E-state index in [9.17, 15) is 9.59 Å². The molecule has 2 fully saturated rings. The predicted octanol–water partition coefficient (Wildman–Crippen LogP) is 2.86. The Morgan fingerprint density at radius 3 is 2.48 bits per heavy atom. The van der Waals surface area contributed by atoms with Crippen LogP contribution in [0.3, 0.4) is 0 Å². The molecule has 21 heavy (non-hydrogen) atoms. The van der Waals surface area contributed by atoms with Crippen molar-refractivity contribution in [1.82, 2.24) is 10.2 Å². The first-order chi connectivity index (χ1) is 9.83. The van der Waals surface area contributed by atoms with E-state index in [0.29, 0.717) is 37.3 Å². The van der Waals surface area contributed by atoms with Gasteiger partial charge in [0.25, 0.3) is 0 Å². The van der Waals surface area contributed by atoms with E-state index in [0.717, 1.165) is 12.8 Å². The van der Waals surface area contributed by atoms with E-state index in [4.69, 9.17) is 0 Å². The smallest absolute Gasteiger partial charge is 0.248 e. The Morgan fingerprint density at radius 2 is 1.90 bits per heavy atom. The van der Waals surface area contributed by atoms with Gasteiger partial charge in [-0.3, -0.25) is 9.59 Å². The average molecular weight is 294 g/mol. The SMILES string of the molecule is CCC1(CC)NC(=O)CCN(C2CCCC(C)(C)C2)C1=O. The van der Waals surface area contributed by atoms with Crippen molar-refractivity contribution in [2.75, 3.05) is 6.54 Å². The van der Waals surface area contributed by atoms with Crippen LogP contribution >= 0.6 is 0 Å². The Labute approximate surface area is 128 Å². The summed E-state index contributed by atoms with van der Waals surface area (Å²) in [4.78, 5) is 27.1. The maximum Gasteiger partial charge on any atom is 0.248 e. The van der Waals surface area contributed by atoms with Gasteiger partial charge in [0.05, 0.1) is 0 Å². The molecule has 1 aliphatic carbocycles. The predicted molar refractivity (Wildman–Crippen MR) is 83.8 cm³/mol. The number of carbonyl (C=O) groups is 2. The Kier molecular flexibility index (Phi) is 4.64. The molecular weight excluding hydrogens is 264 g/mol. The minimum absolute atomic E-state index is 0.0182. The molecule has 4 nitrogen and oxygen atoms in total. The molecule has 1 saturated carbocycles. The average Bonchev–Trinajstić information content (AvgIpc) is 2.55. The van der Waals surface area contributed by atoms with E-state index < -0.39 is 5.54 Å². The number of carbonyl (C=O) groups excluding carboxylic acids is 2. The zero-order chi connectivity index (χ0) is 15.7. The van der Waals surface area contributed by atoms with Crippen molar-refractivity contribution >= 4 is 11.8 Å². The molecule has 1 saturated heterocycles. The van der Waals surface area contributed by atoms with Crippen molar-refractivity contribution in [3.63, 3.8) is 0 Å². The van der Waals surface area contributed by atoms with Gasteiger partial charge in [-0.15, -0.1) is 0 Å². The molecule has 0 aromatic heterocycles. The molecule has 1 heterocycles. The highest BCUT2D eigenvalue weighted by atomic mass is 16.2. The van der Waals surface area contributed by atoms with Gasteiger partial charge < -0.3 is 10.2 Å². The van der Waals surface area contributed by atoms with Gasteiger partial charge in [0.15, 0.2) is 0 Å². The molecule has 2 aliphatic rings. The van der Waals surface area contributed by atoms with Crippen molar-refractivity contribution in [2.45, 2.75) is 84.2 Å². The summed E-state index contributed by atoms with van der Waals surface area (Å²) >= 11 is 0. The second-order valence-corrected chi connectivity index (χ2v) is 7.50. The topological polar surface area (TPSA) is 49.4 Å². The molecule has 1 N–H and O–H groups in total. The monoisotopic (exact) mass is 294 g/mol. The second-order valence-electron chi connectivity index (χ2n) is 7.50. The molecule has 1 aliphatic heterocycles. The van der Waals surface area contributed by atoms with Crippen LogP contribution < -0.4 is 5.32 Å². The molecule has 1 unspecified atom stereocenters. The van der Waals surface area contributed by atoms with Crippen LogP contribution in [-0.2, 0) is 9.59 Å². The molecule has 120 valence electrons.